The summed E-state index contributed by atoms with van der Waals surface area (Å²) in [6.07, 6.45) is 3.49. The van der Waals surface area contributed by atoms with Gasteiger partial charge in [0, 0.05) is 31.3 Å². The molecular formula is C21H30F2N2O3. The average molecular weight is 396 g/mol. The number of benzene rings is 1. The number of likely N-dealkylation sites (tertiary alicyclic amines) is 2. The molecule has 2 heterocycles. The minimum absolute atomic E-state index is 0.113. The van der Waals surface area contributed by atoms with Crippen LogP contribution in [-0.2, 0) is 4.74 Å². The first-order valence-corrected chi connectivity index (χ1v) is 10.2. The second-order valence-corrected chi connectivity index (χ2v) is 7.71. The van der Waals surface area contributed by atoms with E-state index in [0.29, 0.717) is 18.1 Å². The fraction of sp³-hybridized carbons (Fsp3) is 0.667. The molecule has 2 aliphatic rings. The highest BCUT2D eigenvalue weighted by Crippen LogP contribution is 2.36. The van der Waals surface area contributed by atoms with Gasteiger partial charge in [-0.25, -0.2) is 13.6 Å². The topological polar surface area (TPSA) is 42.0 Å². The van der Waals surface area contributed by atoms with Crippen LogP contribution >= 0.6 is 0 Å². The Labute approximate surface area is 165 Å². The molecule has 0 unspecified atom stereocenters. The molecule has 3 rings (SSSR count). The van der Waals surface area contributed by atoms with Crippen LogP contribution in [0, 0.1) is 17.6 Å². The minimum atomic E-state index is -0.631. The van der Waals surface area contributed by atoms with E-state index >= 15 is 0 Å². The van der Waals surface area contributed by atoms with Crippen molar-refractivity contribution in [1.29, 1.82) is 0 Å². The van der Waals surface area contributed by atoms with Crippen molar-refractivity contribution in [1.82, 2.24) is 9.80 Å². The van der Waals surface area contributed by atoms with E-state index in [1.807, 2.05) is 6.92 Å². The van der Waals surface area contributed by atoms with Crippen LogP contribution in [0.4, 0.5) is 13.6 Å². The number of rotatable bonds is 5. The SMILES string of the molecule is CCOC(=O)N1CCC(CN2CCC(c3cc(F)cc(F)c3OC)CC2)CC1. The predicted octanol–water partition coefficient (Wildman–Crippen LogP) is 4.02. The first kappa shape index (κ1) is 20.8. The summed E-state index contributed by atoms with van der Waals surface area (Å²) in [6.45, 7) is 6.56. The van der Waals surface area contributed by atoms with Crippen molar-refractivity contribution in [3.8, 4) is 5.75 Å². The molecule has 5 nitrogen and oxygen atoms in total. The lowest BCUT2D eigenvalue weighted by Gasteiger charge is -2.37. The van der Waals surface area contributed by atoms with Crippen LogP contribution in [-0.4, -0.2) is 62.3 Å². The van der Waals surface area contributed by atoms with Gasteiger partial charge in [-0.2, -0.15) is 0 Å². The summed E-state index contributed by atoms with van der Waals surface area (Å²) in [5, 5.41) is 0. The van der Waals surface area contributed by atoms with E-state index in [-0.39, 0.29) is 17.8 Å². The summed E-state index contributed by atoms with van der Waals surface area (Å²) < 4.78 is 37.9. The van der Waals surface area contributed by atoms with Crippen LogP contribution in [0.25, 0.3) is 0 Å². The summed E-state index contributed by atoms with van der Waals surface area (Å²) >= 11 is 0. The van der Waals surface area contributed by atoms with E-state index in [1.54, 1.807) is 4.90 Å². The molecule has 0 radical (unpaired) electrons. The lowest BCUT2D eigenvalue weighted by molar-refractivity contribution is 0.0830. The Morgan fingerprint density at radius 3 is 2.39 bits per heavy atom. The van der Waals surface area contributed by atoms with Gasteiger partial charge in [-0.15, -0.1) is 0 Å². The van der Waals surface area contributed by atoms with Gasteiger partial charge in [-0.3, -0.25) is 0 Å². The van der Waals surface area contributed by atoms with Crippen molar-refractivity contribution >= 4 is 6.09 Å². The number of piperidine rings is 2. The smallest absolute Gasteiger partial charge is 0.409 e. The van der Waals surface area contributed by atoms with Crippen LogP contribution in [0.5, 0.6) is 5.75 Å². The van der Waals surface area contributed by atoms with Crippen LogP contribution in [0.3, 0.4) is 0 Å². The maximum Gasteiger partial charge on any atom is 0.409 e. The number of nitrogens with zero attached hydrogens (tertiary/aromatic N) is 2. The van der Waals surface area contributed by atoms with Crippen LogP contribution in [0.2, 0.25) is 0 Å². The Hall–Kier alpha value is -1.89. The zero-order valence-electron chi connectivity index (χ0n) is 16.8. The second kappa shape index (κ2) is 9.54. The maximum atomic E-state index is 14.0. The number of hydrogen-bond acceptors (Lipinski definition) is 4. The Kier molecular flexibility index (Phi) is 7.10. The van der Waals surface area contributed by atoms with Crippen molar-refractivity contribution in [3.05, 3.63) is 29.3 Å². The van der Waals surface area contributed by atoms with Crippen molar-refractivity contribution < 1.29 is 23.0 Å². The Balaban J connectivity index is 1.49. The summed E-state index contributed by atoms with van der Waals surface area (Å²) in [5.74, 6) is -0.325. The summed E-state index contributed by atoms with van der Waals surface area (Å²) in [7, 11) is 1.43. The van der Waals surface area contributed by atoms with Crippen LogP contribution < -0.4 is 4.74 Å². The first-order valence-electron chi connectivity index (χ1n) is 10.2. The lowest BCUT2D eigenvalue weighted by Crippen LogP contribution is -2.43. The van der Waals surface area contributed by atoms with Crippen LogP contribution in [0.1, 0.15) is 44.1 Å². The zero-order chi connectivity index (χ0) is 20.1. The second-order valence-electron chi connectivity index (χ2n) is 7.71. The standard InChI is InChI=1S/C21H30F2N2O3/c1-3-28-21(26)25-10-4-15(5-11-25)14-24-8-6-16(7-9-24)18-12-17(22)13-19(23)20(18)27-2/h12-13,15-16H,3-11,14H2,1-2H3. The Morgan fingerprint density at radius 1 is 1.11 bits per heavy atom. The number of hydrogen-bond donors (Lipinski definition) is 0. The summed E-state index contributed by atoms with van der Waals surface area (Å²) in [6, 6.07) is 2.29. The molecule has 0 saturated carbocycles. The van der Waals surface area contributed by atoms with Gasteiger partial charge >= 0.3 is 6.09 Å². The van der Waals surface area contributed by atoms with Crippen molar-refractivity contribution in [2.45, 2.75) is 38.5 Å². The third-order valence-corrected chi connectivity index (χ3v) is 5.93. The molecule has 7 heteroatoms. The third-order valence-electron chi connectivity index (χ3n) is 5.93. The molecule has 2 aliphatic heterocycles. The first-order chi connectivity index (χ1) is 13.5. The molecule has 156 valence electrons. The van der Waals surface area contributed by atoms with Crippen molar-refractivity contribution in [2.75, 3.05) is 46.4 Å². The molecule has 2 fully saturated rings. The molecule has 0 aromatic heterocycles. The fourth-order valence-corrected chi connectivity index (χ4v) is 4.40. The molecule has 0 aliphatic carbocycles. The number of ether oxygens (including phenoxy) is 2. The molecule has 1 amide bonds. The molecule has 28 heavy (non-hydrogen) atoms. The highest BCUT2D eigenvalue weighted by atomic mass is 19.1. The normalized spacial score (nSPS) is 19.6. The molecule has 1 aromatic rings. The molecule has 0 bridgehead atoms. The molecule has 1 aromatic carbocycles. The Morgan fingerprint density at radius 2 is 1.79 bits per heavy atom. The predicted molar refractivity (Wildman–Crippen MR) is 103 cm³/mol. The highest BCUT2D eigenvalue weighted by Gasteiger charge is 2.29. The average Bonchev–Trinajstić information content (AvgIpc) is 2.69. The van der Waals surface area contributed by atoms with Crippen molar-refractivity contribution in [3.63, 3.8) is 0 Å². The number of carbonyl (C=O) groups excluding carboxylic acids is 1. The van der Waals surface area contributed by atoms with E-state index < -0.39 is 11.6 Å². The van der Waals surface area contributed by atoms with Gasteiger partial charge in [0.2, 0.25) is 0 Å². The molecular weight excluding hydrogens is 366 g/mol. The largest absolute Gasteiger partial charge is 0.493 e. The number of halogens is 2. The van der Waals surface area contributed by atoms with E-state index in [4.69, 9.17) is 9.47 Å². The molecule has 0 atom stereocenters. The van der Waals surface area contributed by atoms with E-state index in [1.165, 1.54) is 13.2 Å². The summed E-state index contributed by atoms with van der Waals surface area (Å²) in [4.78, 5) is 16.0. The minimum Gasteiger partial charge on any atom is -0.493 e. The number of methoxy groups -OCH3 is 1. The number of amides is 1. The van der Waals surface area contributed by atoms with Gasteiger partial charge in [0.15, 0.2) is 11.6 Å². The summed E-state index contributed by atoms with van der Waals surface area (Å²) in [5.41, 5.74) is 0.641. The van der Waals surface area contributed by atoms with Gasteiger partial charge in [0.25, 0.3) is 0 Å². The van der Waals surface area contributed by atoms with E-state index in [0.717, 1.165) is 64.5 Å². The maximum absolute atomic E-state index is 14.0. The molecule has 0 N–H and O–H groups in total. The Bertz CT molecular complexity index is 670. The fourth-order valence-electron chi connectivity index (χ4n) is 4.40. The third kappa shape index (κ3) is 4.93. The van der Waals surface area contributed by atoms with Gasteiger partial charge in [0.1, 0.15) is 5.82 Å². The van der Waals surface area contributed by atoms with Gasteiger partial charge < -0.3 is 19.3 Å². The zero-order valence-corrected chi connectivity index (χ0v) is 16.8. The molecule has 2 saturated heterocycles. The van der Waals surface area contributed by atoms with Crippen LogP contribution in [0.15, 0.2) is 12.1 Å². The van der Waals surface area contributed by atoms with Gasteiger partial charge in [0.05, 0.1) is 13.7 Å². The lowest BCUT2D eigenvalue weighted by atomic mass is 9.87. The van der Waals surface area contributed by atoms with E-state index in [9.17, 15) is 13.6 Å². The highest BCUT2D eigenvalue weighted by molar-refractivity contribution is 5.67. The number of carbonyl (C=O) groups is 1. The van der Waals surface area contributed by atoms with Gasteiger partial charge in [-0.05, 0) is 63.6 Å². The van der Waals surface area contributed by atoms with Crippen molar-refractivity contribution in [2.24, 2.45) is 5.92 Å². The molecule has 0 spiro atoms. The van der Waals surface area contributed by atoms with Gasteiger partial charge in [-0.1, -0.05) is 0 Å². The monoisotopic (exact) mass is 396 g/mol. The quantitative estimate of drug-likeness (QED) is 0.754. The van der Waals surface area contributed by atoms with E-state index in [2.05, 4.69) is 4.90 Å².